The molecule has 0 atom stereocenters. The summed E-state index contributed by atoms with van der Waals surface area (Å²) in [5, 5.41) is 9.13. The van der Waals surface area contributed by atoms with Crippen molar-refractivity contribution in [2.75, 3.05) is 0 Å². The molecule has 98 valence electrons. The predicted octanol–water partition coefficient (Wildman–Crippen LogP) is 2.96. The number of nitrogens with two attached hydrogens (primary N) is 1. The molecule has 0 amide bonds. The van der Waals surface area contributed by atoms with E-state index in [4.69, 9.17) is 20.5 Å². The fourth-order valence-electron chi connectivity index (χ4n) is 2.09. The molecule has 0 radical (unpaired) electrons. The Morgan fingerprint density at radius 2 is 2.11 bits per heavy atom. The number of nitriles is 1. The zero-order valence-electron chi connectivity index (χ0n) is 11.2. The van der Waals surface area contributed by atoms with Gasteiger partial charge in [0.1, 0.15) is 6.07 Å². The van der Waals surface area contributed by atoms with E-state index in [-0.39, 0.29) is 0 Å². The second kappa shape index (κ2) is 4.69. The summed E-state index contributed by atoms with van der Waals surface area (Å²) in [4.78, 5) is 0. The van der Waals surface area contributed by atoms with E-state index in [1.807, 2.05) is 45.0 Å². The lowest BCUT2D eigenvalue weighted by Crippen LogP contribution is -2.29. The molecule has 0 bridgehead atoms. The van der Waals surface area contributed by atoms with Crippen LogP contribution in [-0.2, 0) is 0 Å². The average molecular weight is 256 g/mol. The highest BCUT2D eigenvalue weighted by Gasteiger charge is 2.34. The van der Waals surface area contributed by atoms with Gasteiger partial charge in [-0.1, -0.05) is 18.2 Å². The molecule has 1 aromatic rings. The largest absolute Gasteiger partial charge is 0.449 e. The Morgan fingerprint density at radius 1 is 1.37 bits per heavy atom. The van der Waals surface area contributed by atoms with E-state index < -0.39 is 5.79 Å². The van der Waals surface area contributed by atoms with Crippen molar-refractivity contribution in [2.24, 2.45) is 5.73 Å². The van der Waals surface area contributed by atoms with Crippen LogP contribution < -0.4 is 15.2 Å². The van der Waals surface area contributed by atoms with Crippen LogP contribution in [0.2, 0.25) is 0 Å². The number of hydrogen-bond donors (Lipinski definition) is 1. The molecule has 0 saturated heterocycles. The standard InChI is InChI=1S/C15H16N2O2/c1-4-11(10(8-16)9-17)12-6-5-7-13-14(12)19-15(2,3)18-13/h4-8H,16H2,1-3H3/b10-8-,11-4+. The lowest BCUT2D eigenvalue weighted by atomic mass is 9.98. The molecule has 1 aromatic carbocycles. The summed E-state index contributed by atoms with van der Waals surface area (Å²) in [5.74, 6) is 0.627. The molecule has 2 rings (SSSR count). The van der Waals surface area contributed by atoms with Gasteiger partial charge in [0.05, 0.1) is 5.57 Å². The number of para-hydroxylation sites is 1. The van der Waals surface area contributed by atoms with Gasteiger partial charge in [-0.2, -0.15) is 5.26 Å². The van der Waals surface area contributed by atoms with Gasteiger partial charge in [-0.05, 0) is 13.0 Å². The first-order valence-electron chi connectivity index (χ1n) is 6.02. The maximum atomic E-state index is 9.13. The highest BCUT2D eigenvalue weighted by Crippen LogP contribution is 2.45. The van der Waals surface area contributed by atoms with Crippen LogP contribution in [0.1, 0.15) is 26.3 Å². The zero-order valence-corrected chi connectivity index (χ0v) is 11.2. The SMILES string of the molecule is C/C=C(\C(C#N)=C/N)c1cccc2c1OC(C)(C)O2. The van der Waals surface area contributed by atoms with Gasteiger partial charge in [0, 0.05) is 31.2 Å². The second-order valence-electron chi connectivity index (χ2n) is 4.63. The molecule has 0 aromatic heterocycles. The molecule has 0 aliphatic carbocycles. The number of fused-ring (bicyclic) bond motifs is 1. The number of allylic oxidation sites excluding steroid dienone is 3. The summed E-state index contributed by atoms with van der Waals surface area (Å²) in [7, 11) is 0. The van der Waals surface area contributed by atoms with E-state index in [9.17, 15) is 0 Å². The van der Waals surface area contributed by atoms with Gasteiger partial charge in [-0.25, -0.2) is 0 Å². The van der Waals surface area contributed by atoms with Crippen LogP contribution in [0.25, 0.3) is 5.57 Å². The normalized spacial score (nSPS) is 17.2. The third-order valence-electron chi connectivity index (χ3n) is 2.84. The fourth-order valence-corrected chi connectivity index (χ4v) is 2.09. The molecule has 0 spiro atoms. The van der Waals surface area contributed by atoms with Crippen LogP contribution in [-0.4, -0.2) is 5.79 Å². The predicted molar refractivity (Wildman–Crippen MR) is 73.3 cm³/mol. The van der Waals surface area contributed by atoms with Crippen molar-refractivity contribution < 1.29 is 9.47 Å². The first kappa shape index (κ1) is 13.0. The third kappa shape index (κ3) is 2.27. The molecule has 1 heterocycles. The van der Waals surface area contributed by atoms with Crippen molar-refractivity contribution >= 4 is 5.57 Å². The lowest BCUT2D eigenvalue weighted by Gasteiger charge is -2.17. The second-order valence-corrected chi connectivity index (χ2v) is 4.63. The molecular weight excluding hydrogens is 240 g/mol. The van der Waals surface area contributed by atoms with E-state index in [0.29, 0.717) is 17.1 Å². The van der Waals surface area contributed by atoms with Crippen molar-refractivity contribution in [3.8, 4) is 17.6 Å². The summed E-state index contributed by atoms with van der Waals surface area (Å²) < 4.78 is 11.5. The van der Waals surface area contributed by atoms with Gasteiger partial charge in [0.25, 0.3) is 0 Å². The zero-order chi connectivity index (χ0) is 14.0. The van der Waals surface area contributed by atoms with Gasteiger partial charge in [0.2, 0.25) is 5.79 Å². The van der Waals surface area contributed by atoms with E-state index in [1.165, 1.54) is 6.20 Å². The van der Waals surface area contributed by atoms with Crippen molar-refractivity contribution in [3.63, 3.8) is 0 Å². The van der Waals surface area contributed by atoms with E-state index >= 15 is 0 Å². The van der Waals surface area contributed by atoms with Gasteiger partial charge in [0.15, 0.2) is 11.5 Å². The smallest absolute Gasteiger partial charge is 0.246 e. The van der Waals surface area contributed by atoms with E-state index in [1.54, 1.807) is 0 Å². The van der Waals surface area contributed by atoms with Crippen molar-refractivity contribution in [2.45, 2.75) is 26.6 Å². The molecular formula is C15H16N2O2. The minimum atomic E-state index is -0.698. The van der Waals surface area contributed by atoms with Crippen molar-refractivity contribution in [1.29, 1.82) is 5.26 Å². The molecule has 0 unspecified atom stereocenters. The number of hydrogen-bond acceptors (Lipinski definition) is 4. The van der Waals surface area contributed by atoms with Crippen LogP contribution in [0.3, 0.4) is 0 Å². The first-order chi connectivity index (χ1) is 9.02. The molecule has 1 aliphatic heterocycles. The maximum Gasteiger partial charge on any atom is 0.246 e. The minimum Gasteiger partial charge on any atom is -0.449 e. The molecule has 0 saturated carbocycles. The van der Waals surface area contributed by atoms with Crippen molar-refractivity contribution in [3.05, 3.63) is 41.6 Å². The van der Waals surface area contributed by atoms with E-state index in [2.05, 4.69) is 6.07 Å². The summed E-state index contributed by atoms with van der Waals surface area (Å²) in [6.45, 7) is 5.54. The Balaban J connectivity index is 2.56. The van der Waals surface area contributed by atoms with Crippen LogP contribution in [0.5, 0.6) is 11.5 Å². The minimum absolute atomic E-state index is 0.407. The summed E-state index contributed by atoms with van der Waals surface area (Å²) in [5.41, 5.74) is 7.45. The molecule has 2 N–H and O–H groups in total. The Hall–Kier alpha value is -2.41. The third-order valence-corrected chi connectivity index (χ3v) is 2.84. The lowest BCUT2D eigenvalue weighted by molar-refractivity contribution is -0.0432. The quantitative estimate of drug-likeness (QED) is 0.652. The summed E-state index contributed by atoms with van der Waals surface area (Å²) in [6, 6.07) is 7.69. The van der Waals surface area contributed by atoms with Gasteiger partial charge in [-0.15, -0.1) is 0 Å². The Kier molecular flexibility index (Phi) is 3.22. The summed E-state index contributed by atoms with van der Waals surface area (Å²) >= 11 is 0. The number of benzene rings is 1. The Labute approximate surface area is 112 Å². The molecule has 19 heavy (non-hydrogen) atoms. The van der Waals surface area contributed by atoms with Gasteiger partial charge < -0.3 is 15.2 Å². The Morgan fingerprint density at radius 3 is 2.68 bits per heavy atom. The number of rotatable bonds is 2. The first-order valence-corrected chi connectivity index (χ1v) is 6.02. The van der Waals surface area contributed by atoms with Crippen LogP contribution >= 0.6 is 0 Å². The molecule has 4 heteroatoms. The van der Waals surface area contributed by atoms with Gasteiger partial charge >= 0.3 is 0 Å². The van der Waals surface area contributed by atoms with Gasteiger partial charge in [-0.3, -0.25) is 0 Å². The monoisotopic (exact) mass is 256 g/mol. The average Bonchev–Trinajstić information content (AvgIpc) is 2.69. The van der Waals surface area contributed by atoms with Crippen molar-refractivity contribution in [1.82, 2.24) is 0 Å². The molecule has 4 nitrogen and oxygen atoms in total. The molecule has 1 aliphatic rings. The number of nitrogens with zero attached hydrogens (tertiary/aromatic N) is 1. The molecule has 0 fully saturated rings. The topological polar surface area (TPSA) is 68.3 Å². The number of ether oxygens (including phenoxy) is 2. The highest BCUT2D eigenvalue weighted by atomic mass is 16.7. The van der Waals surface area contributed by atoms with Crippen LogP contribution in [0.15, 0.2) is 36.0 Å². The summed E-state index contributed by atoms with van der Waals surface area (Å²) in [6.07, 6.45) is 3.14. The maximum absolute atomic E-state index is 9.13. The highest BCUT2D eigenvalue weighted by molar-refractivity contribution is 5.86. The van der Waals surface area contributed by atoms with Crippen LogP contribution in [0.4, 0.5) is 0 Å². The van der Waals surface area contributed by atoms with E-state index in [0.717, 1.165) is 11.1 Å². The fraction of sp³-hybridized carbons (Fsp3) is 0.267. The Bertz CT molecular complexity index is 607. The van der Waals surface area contributed by atoms with Crippen LogP contribution in [0, 0.1) is 11.3 Å².